The predicted molar refractivity (Wildman–Crippen MR) is 162 cm³/mol. The number of fused-ring (bicyclic) bond motifs is 2. The number of amides is 3. The zero-order valence-electron chi connectivity index (χ0n) is 22.9. The van der Waals surface area contributed by atoms with Gasteiger partial charge in [0.05, 0.1) is 13.7 Å². The van der Waals surface area contributed by atoms with E-state index in [2.05, 4.69) is 37.9 Å². The van der Waals surface area contributed by atoms with Crippen LogP contribution in [0.15, 0.2) is 54.6 Å². The van der Waals surface area contributed by atoms with E-state index < -0.39 is 15.0 Å². The SMILES string of the molecule is COc1ccc2cc(C(=O)N3CC(I)(N4CC(C)(C)[C@H](NC(=O)c5cc6ccccc6[nH]5)C4=O)C[C@H]3C)[nH]c2c1. The molecule has 3 amide bonds. The first kappa shape index (κ1) is 26.7. The number of rotatable bonds is 5. The molecule has 2 aliphatic rings. The largest absolute Gasteiger partial charge is 0.497 e. The van der Waals surface area contributed by atoms with Crippen LogP contribution in [0.2, 0.25) is 0 Å². The van der Waals surface area contributed by atoms with Crippen LogP contribution in [0.25, 0.3) is 21.8 Å². The van der Waals surface area contributed by atoms with E-state index >= 15 is 0 Å². The summed E-state index contributed by atoms with van der Waals surface area (Å²) in [5.41, 5.74) is 2.15. The second-order valence-electron chi connectivity index (χ2n) is 11.6. The van der Waals surface area contributed by atoms with Crippen molar-refractivity contribution in [2.24, 2.45) is 5.41 Å². The Hall–Kier alpha value is -3.54. The lowest BCUT2D eigenvalue weighted by Gasteiger charge is -2.34. The monoisotopic (exact) mass is 653 g/mol. The Morgan fingerprint density at radius 1 is 1.00 bits per heavy atom. The number of aromatic amines is 2. The number of aromatic nitrogens is 2. The second kappa shape index (κ2) is 9.53. The molecule has 2 aromatic carbocycles. The number of likely N-dealkylation sites (tertiary alicyclic amines) is 2. The van der Waals surface area contributed by atoms with Gasteiger partial charge in [-0.2, -0.15) is 0 Å². The molecule has 1 unspecified atom stereocenters. The Morgan fingerprint density at radius 3 is 2.45 bits per heavy atom. The third-order valence-corrected chi connectivity index (χ3v) is 9.63. The van der Waals surface area contributed by atoms with E-state index in [1.165, 1.54) is 0 Å². The molecule has 3 atom stereocenters. The Bertz CT molecular complexity index is 1630. The topological polar surface area (TPSA) is 111 Å². The van der Waals surface area contributed by atoms with Gasteiger partial charge in [0.2, 0.25) is 5.91 Å². The van der Waals surface area contributed by atoms with Gasteiger partial charge in [-0.25, -0.2) is 0 Å². The number of hydrogen-bond acceptors (Lipinski definition) is 4. The highest BCUT2D eigenvalue weighted by atomic mass is 127. The quantitative estimate of drug-likeness (QED) is 0.165. The van der Waals surface area contributed by atoms with Gasteiger partial charge in [-0.15, -0.1) is 0 Å². The van der Waals surface area contributed by atoms with E-state index in [0.717, 1.165) is 27.6 Å². The van der Waals surface area contributed by atoms with Gasteiger partial charge in [-0.3, -0.25) is 14.4 Å². The van der Waals surface area contributed by atoms with Gasteiger partial charge in [0.15, 0.2) is 0 Å². The molecule has 0 saturated carbocycles. The fourth-order valence-corrected chi connectivity index (χ4v) is 7.50. The second-order valence-corrected chi connectivity index (χ2v) is 13.6. The van der Waals surface area contributed by atoms with E-state index in [1.54, 1.807) is 13.2 Å². The number of ether oxygens (including phenoxy) is 1. The third kappa shape index (κ3) is 4.42. The molecule has 2 fully saturated rings. The number of H-pyrrole nitrogens is 2. The van der Waals surface area contributed by atoms with Crippen LogP contribution in [0, 0.1) is 5.41 Å². The molecule has 6 rings (SSSR count). The van der Waals surface area contributed by atoms with E-state index in [-0.39, 0.29) is 23.8 Å². The number of alkyl halides is 1. The molecule has 10 heteroatoms. The Morgan fingerprint density at radius 2 is 1.70 bits per heavy atom. The van der Waals surface area contributed by atoms with Crippen molar-refractivity contribution in [3.05, 3.63) is 66.0 Å². The predicted octanol–water partition coefficient (Wildman–Crippen LogP) is 4.69. The lowest BCUT2D eigenvalue weighted by molar-refractivity contribution is -0.131. The van der Waals surface area contributed by atoms with Gasteiger partial charge in [0.25, 0.3) is 11.8 Å². The van der Waals surface area contributed by atoms with Crippen molar-refractivity contribution in [2.45, 2.75) is 42.8 Å². The smallest absolute Gasteiger partial charge is 0.270 e. The summed E-state index contributed by atoms with van der Waals surface area (Å²) in [6.07, 6.45) is 0.637. The van der Waals surface area contributed by atoms with Crippen LogP contribution in [0.1, 0.15) is 48.2 Å². The molecule has 4 heterocycles. The summed E-state index contributed by atoms with van der Waals surface area (Å²) in [5.74, 6) is 0.188. The van der Waals surface area contributed by atoms with Crippen LogP contribution in [0.3, 0.4) is 0 Å². The number of nitrogens with one attached hydrogen (secondary N) is 3. The van der Waals surface area contributed by atoms with Crippen LogP contribution >= 0.6 is 22.6 Å². The van der Waals surface area contributed by atoms with Crippen LogP contribution < -0.4 is 10.1 Å². The maximum atomic E-state index is 13.9. The fraction of sp³-hybridized carbons (Fsp3) is 0.367. The fourth-order valence-electron chi connectivity index (χ4n) is 6.08. The molecule has 0 aliphatic carbocycles. The first-order valence-electron chi connectivity index (χ1n) is 13.4. The van der Waals surface area contributed by atoms with Crippen molar-refractivity contribution in [1.82, 2.24) is 25.1 Å². The Labute approximate surface area is 245 Å². The Kier molecular flexibility index (Phi) is 6.36. The molecule has 2 aromatic heterocycles. The lowest BCUT2D eigenvalue weighted by Crippen LogP contribution is -2.51. The summed E-state index contributed by atoms with van der Waals surface area (Å²) in [6, 6.07) is 16.3. The number of benzene rings is 2. The highest BCUT2D eigenvalue weighted by molar-refractivity contribution is 14.1. The van der Waals surface area contributed by atoms with E-state index in [0.29, 0.717) is 30.9 Å². The molecule has 40 heavy (non-hydrogen) atoms. The molecular weight excluding hydrogens is 621 g/mol. The first-order chi connectivity index (χ1) is 19.0. The van der Waals surface area contributed by atoms with E-state index in [9.17, 15) is 14.4 Å². The number of halogens is 1. The minimum atomic E-state index is -0.679. The summed E-state index contributed by atoms with van der Waals surface area (Å²) in [6.45, 7) is 6.90. The van der Waals surface area contributed by atoms with E-state index in [1.807, 2.05) is 79.1 Å². The number of carbonyl (C=O) groups excluding carboxylic acids is 3. The molecule has 2 aliphatic heterocycles. The maximum Gasteiger partial charge on any atom is 0.270 e. The summed E-state index contributed by atoms with van der Waals surface area (Å²) < 4.78 is 4.72. The van der Waals surface area contributed by atoms with Gasteiger partial charge in [0.1, 0.15) is 26.7 Å². The zero-order valence-corrected chi connectivity index (χ0v) is 25.0. The first-order valence-corrected chi connectivity index (χ1v) is 14.4. The highest BCUT2D eigenvalue weighted by Gasteiger charge is 2.56. The van der Waals surface area contributed by atoms with Crippen LogP contribution in [-0.2, 0) is 4.79 Å². The maximum absolute atomic E-state index is 13.9. The van der Waals surface area contributed by atoms with Gasteiger partial charge >= 0.3 is 0 Å². The van der Waals surface area contributed by atoms with Crippen molar-refractivity contribution in [3.63, 3.8) is 0 Å². The van der Waals surface area contributed by atoms with Crippen molar-refractivity contribution >= 4 is 62.1 Å². The number of nitrogens with zero attached hydrogens (tertiary/aromatic N) is 2. The molecule has 4 aromatic rings. The minimum Gasteiger partial charge on any atom is -0.497 e. The summed E-state index contributed by atoms with van der Waals surface area (Å²) in [7, 11) is 1.61. The van der Waals surface area contributed by atoms with Gasteiger partial charge in [0, 0.05) is 52.3 Å². The van der Waals surface area contributed by atoms with Gasteiger partial charge < -0.3 is 29.8 Å². The summed E-state index contributed by atoms with van der Waals surface area (Å²) in [4.78, 5) is 50.8. The molecule has 9 nitrogen and oxygen atoms in total. The number of methoxy groups -OCH3 is 1. The summed E-state index contributed by atoms with van der Waals surface area (Å²) >= 11 is 2.34. The molecule has 3 N–H and O–H groups in total. The van der Waals surface area contributed by atoms with Crippen molar-refractivity contribution in [1.29, 1.82) is 0 Å². The summed E-state index contributed by atoms with van der Waals surface area (Å²) in [5, 5.41) is 4.87. The van der Waals surface area contributed by atoms with E-state index in [4.69, 9.17) is 4.74 Å². The molecule has 208 valence electrons. The zero-order chi connectivity index (χ0) is 28.4. The molecule has 0 bridgehead atoms. The van der Waals surface area contributed by atoms with Crippen molar-refractivity contribution < 1.29 is 19.1 Å². The standard InChI is InChI=1S/C30H32IN5O4/c1-17-14-30(31,16-35(17)27(38)24-12-19-9-10-20(40-4)13-22(19)33-24)36-15-29(2,3)25(28(36)39)34-26(37)23-11-18-7-5-6-8-21(18)32-23/h5-13,17,25,32-33H,14-16H2,1-4H3,(H,34,37)/t17-,25-,30?/m1/s1. The molecule has 0 radical (unpaired) electrons. The van der Waals surface area contributed by atoms with Gasteiger partial charge in [-0.05, 0) is 37.3 Å². The minimum absolute atomic E-state index is 0.0683. The lowest BCUT2D eigenvalue weighted by atomic mass is 9.87. The molecule has 0 spiro atoms. The average Bonchev–Trinajstić information content (AvgIpc) is 3.67. The van der Waals surface area contributed by atoms with Crippen LogP contribution in [0.5, 0.6) is 5.75 Å². The van der Waals surface area contributed by atoms with Gasteiger partial charge in [-0.1, -0.05) is 54.6 Å². The third-order valence-electron chi connectivity index (χ3n) is 8.27. The van der Waals surface area contributed by atoms with Crippen LogP contribution in [0.4, 0.5) is 0 Å². The van der Waals surface area contributed by atoms with Crippen molar-refractivity contribution in [2.75, 3.05) is 20.2 Å². The molecule has 2 saturated heterocycles. The number of hydrogen-bond donors (Lipinski definition) is 3. The van der Waals surface area contributed by atoms with Crippen molar-refractivity contribution in [3.8, 4) is 5.75 Å². The average molecular weight is 654 g/mol. The highest BCUT2D eigenvalue weighted by Crippen LogP contribution is 2.45. The number of carbonyl (C=O) groups is 3. The normalized spacial score (nSPS) is 24.3. The van der Waals surface area contributed by atoms with Crippen LogP contribution in [-0.4, -0.2) is 73.3 Å². The molecular formula is C30H32IN5O4. The number of para-hydroxylation sites is 1. The Balaban J connectivity index is 1.20.